The molecule has 146 valence electrons. The van der Waals surface area contributed by atoms with Crippen LogP contribution in [0.4, 0.5) is 4.39 Å². The Labute approximate surface area is 162 Å². The largest absolute Gasteiger partial charge is 0.368 e. The number of aromatic nitrogens is 2. The number of nitrogens with two attached hydrogens (primary N) is 1. The summed E-state index contributed by atoms with van der Waals surface area (Å²) in [6.45, 7) is 5.86. The molecule has 0 bridgehead atoms. The number of hydrogen-bond donors (Lipinski definition) is 2. The van der Waals surface area contributed by atoms with Crippen molar-refractivity contribution in [3.05, 3.63) is 65.6 Å². The van der Waals surface area contributed by atoms with Gasteiger partial charge in [0.1, 0.15) is 11.9 Å². The third-order valence-corrected chi connectivity index (χ3v) is 4.54. The number of fused-ring (bicyclic) bond motifs is 1. The summed E-state index contributed by atoms with van der Waals surface area (Å²) in [6.07, 6.45) is 0. The number of halogens is 1. The van der Waals surface area contributed by atoms with E-state index in [1.807, 2.05) is 39.0 Å². The van der Waals surface area contributed by atoms with Crippen LogP contribution in [0.3, 0.4) is 0 Å². The molecule has 1 atom stereocenters. The Bertz CT molecular complexity index is 1020. The zero-order valence-corrected chi connectivity index (χ0v) is 16.1. The Kier molecular flexibility index (Phi) is 5.18. The van der Waals surface area contributed by atoms with Gasteiger partial charge in [0.15, 0.2) is 5.69 Å². The van der Waals surface area contributed by atoms with E-state index in [0.29, 0.717) is 11.9 Å². The molecule has 7 heteroatoms. The van der Waals surface area contributed by atoms with Crippen LogP contribution in [0, 0.1) is 11.2 Å². The van der Waals surface area contributed by atoms with Gasteiger partial charge in [0, 0.05) is 5.39 Å². The van der Waals surface area contributed by atoms with Crippen LogP contribution in [0.15, 0.2) is 48.5 Å². The summed E-state index contributed by atoms with van der Waals surface area (Å²) < 4.78 is 14.8. The Morgan fingerprint density at radius 3 is 2.39 bits per heavy atom. The lowest BCUT2D eigenvalue weighted by Gasteiger charge is -2.28. The van der Waals surface area contributed by atoms with Crippen molar-refractivity contribution < 1.29 is 14.0 Å². The highest BCUT2D eigenvalue weighted by molar-refractivity contribution is 6.06. The maximum absolute atomic E-state index is 13.2. The number of nitrogens with one attached hydrogen (secondary N) is 1. The predicted octanol–water partition coefficient (Wildman–Crippen LogP) is 2.85. The van der Waals surface area contributed by atoms with Gasteiger partial charge in [-0.1, -0.05) is 51.1 Å². The van der Waals surface area contributed by atoms with E-state index < -0.39 is 23.3 Å². The van der Waals surface area contributed by atoms with E-state index in [1.165, 1.54) is 12.1 Å². The van der Waals surface area contributed by atoms with Crippen molar-refractivity contribution in [2.45, 2.75) is 33.4 Å². The second-order valence-electron chi connectivity index (χ2n) is 7.82. The molecule has 1 unspecified atom stereocenters. The minimum absolute atomic E-state index is 0.216. The minimum atomic E-state index is -0.832. The van der Waals surface area contributed by atoms with Gasteiger partial charge in [-0.2, -0.15) is 5.10 Å². The molecule has 0 radical (unpaired) electrons. The smallest absolute Gasteiger partial charge is 0.273 e. The molecular formula is C21H23FN4O2. The normalized spacial score (nSPS) is 12.7. The van der Waals surface area contributed by atoms with Crippen molar-refractivity contribution in [3.63, 3.8) is 0 Å². The van der Waals surface area contributed by atoms with Gasteiger partial charge in [-0.05, 0) is 29.2 Å². The summed E-state index contributed by atoms with van der Waals surface area (Å²) in [6, 6.07) is 12.6. The minimum Gasteiger partial charge on any atom is -0.368 e. The number of primary amides is 1. The molecule has 1 aromatic heterocycles. The summed E-state index contributed by atoms with van der Waals surface area (Å²) in [5.41, 5.74) is 6.77. The van der Waals surface area contributed by atoms with E-state index in [-0.39, 0.29) is 11.5 Å². The fourth-order valence-corrected chi connectivity index (χ4v) is 3.09. The number of carbonyl (C=O) groups is 2. The molecule has 0 saturated carbocycles. The van der Waals surface area contributed by atoms with Crippen LogP contribution in [0.25, 0.3) is 10.9 Å². The van der Waals surface area contributed by atoms with Crippen molar-refractivity contribution in [2.24, 2.45) is 11.1 Å². The molecule has 2 aromatic carbocycles. The predicted molar refractivity (Wildman–Crippen MR) is 105 cm³/mol. The van der Waals surface area contributed by atoms with Gasteiger partial charge in [-0.3, -0.25) is 14.3 Å². The topological polar surface area (TPSA) is 90.0 Å². The van der Waals surface area contributed by atoms with Crippen molar-refractivity contribution >= 4 is 22.7 Å². The summed E-state index contributed by atoms with van der Waals surface area (Å²) in [5, 5.41) is 7.84. The fraction of sp³-hybridized carbons (Fsp3) is 0.286. The molecule has 0 aliphatic rings. The summed E-state index contributed by atoms with van der Waals surface area (Å²) in [4.78, 5) is 24.7. The monoisotopic (exact) mass is 382 g/mol. The Morgan fingerprint density at radius 1 is 1.14 bits per heavy atom. The third kappa shape index (κ3) is 4.03. The lowest BCUT2D eigenvalue weighted by molar-refractivity contribution is -0.122. The molecule has 1 heterocycles. The van der Waals surface area contributed by atoms with E-state index in [1.54, 1.807) is 22.9 Å². The van der Waals surface area contributed by atoms with Crippen LogP contribution < -0.4 is 11.1 Å². The van der Waals surface area contributed by atoms with Crippen molar-refractivity contribution in [2.75, 3.05) is 0 Å². The Hall–Kier alpha value is -3.22. The zero-order valence-electron chi connectivity index (χ0n) is 16.1. The lowest BCUT2D eigenvalue weighted by atomic mass is 9.86. The summed E-state index contributed by atoms with van der Waals surface area (Å²) in [5.74, 6) is -1.38. The van der Waals surface area contributed by atoms with Crippen LogP contribution in [0.5, 0.6) is 0 Å². The van der Waals surface area contributed by atoms with Gasteiger partial charge in [-0.15, -0.1) is 0 Å². The molecule has 0 spiro atoms. The average molecular weight is 382 g/mol. The molecule has 3 rings (SSSR count). The van der Waals surface area contributed by atoms with Gasteiger partial charge in [-0.25, -0.2) is 4.39 Å². The van der Waals surface area contributed by atoms with Gasteiger partial charge in [0.05, 0.1) is 12.1 Å². The van der Waals surface area contributed by atoms with Crippen LogP contribution in [0.1, 0.15) is 36.8 Å². The van der Waals surface area contributed by atoms with Crippen molar-refractivity contribution in [1.82, 2.24) is 15.1 Å². The lowest BCUT2D eigenvalue weighted by Crippen LogP contribution is -2.52. The van der Waals surface area contributed by atoms with Gasteiger partial charge in [0.2, 0.25) is 5.91 Å². The quantitative estimate of drug-likeness (QED) is 0.711. The highest BCUT2D eigenvalue weighted by atomic mass is 19.1. The molecule has 2 amide bonds. The average Bonchev–Trinajstić information content (AvgIpc) is 2.99. The van der Waals surface area contributed by atoms with Crippen LogP contribution in [0.2, 0.25) is 0 Å². The fourth-order valence-electron chi connectivity index (χ4n) is 3.09. The van der Waals surface area contributed by atoms with Crippen molar-refractivity contribution in [1.29, 1.82) is 0 Å². The van der Waals surface area contributed by atoms with E-state index in [9.17, 15) is 14.0 Å². The maximum atomic E-state index is 13.2. The number of para-hydroxylation sites is 1. The molecule has 0 aliphatic carbocycles. The second-order valence-corrected chi connectivity index (χ2v) is 7.82. The molecular weight excluding hydrogens is 359 g/mol. The highest BCUT2D eigenvalue weighted by Crippen LogP contribution is 2.22. The van der Waals surface area contributed by atoms with Crippen LogP contribution >= 0.6 is 0 Å². The van der Waals surface area contributed by atoms with E-state index in [4.69, 9.17) is 5.73 Å². The molecule has 0 saturated heterocycles. The van der Waals surface area contributed by atoms with E-state index in [2.05, 4.69) is 10.4 Å². The first-order chi connectivity index (χ1) is 13.2. The van der Waals surface area contributed by atoms with Gasteiger partial charge < -0.3 is 11.1 Å². The summed E-state index contributed by atoms with van der Waals surface area (Å²) in [7, 11) is 0. The third-order valence-electron chi connectivity index (χ3n) is 4.54. The van der Waals surface area contributed by atoms with E-state index in [0.717, 1.165) is 11.1 Å². The standard InChI is InChI=1S/C21H23FN4O2/c1-21(2,3)18(19(23)27)24-20(28)17-15-6-4-5-7-16(15)26(25-17)12-13-8-10-14(22)11-9-13/h4-11,18H,12H2,1-3H3,(H2,23,27)(H,24,28). The number of nitrogens with zero attached hydrogens (tertiary/aromatic N) is 2. The molecule has 28 heavy (non-hydrogen) atoms. The Balaban J connectivity index is 1.96. The van der Waals surface area contributed by atoms with Crippen LogP contribution in [-0.2, 0) is 11.3 Å². The number of benzene rings is 2. The molecule has 0 fully saturated rings. The number of hydrogen-bond acceptors (Lipinski definition) is 3. The number of amides is 2. The van der Waals surface area contributed by atoms with Gasteiger partial charge in [0.25, 0.3) is 5.91 Å². The molecule has 6 nitrogen and oxygen atoms in total. The van der Waals surface area contributed by atoms with Crippen molar-refractivity contribution in [3.8, 4) is 0 Å². The zero-order chi connectivity index (χ0) is 20.5. The maximum Gasteiger partial charge on any atom is 0.273 e. The summed E-state index contributed by atoms with van der Waals surface area (Å²) >= 11 is 0. The molecule has 3 aromatic rings. The number of carbonyl (C=O) groups excluding carboxylic acids is 2. The molecule has 3 N–H and O–H groups in total. The first kappa shape index (κ1) is 19.5. The first-order valence-corrected chi connectivity index (χ1v) is 8.97. The second kappa shape index (κ2) is 7.42. The number of rotatable bonds is 5. The highest BCUT2D eigenvalue weighted by Gasteiger charge is 2.32. The first-order valence-electron chi connectivity index (χ1n) is 8.97. The Morgan fingerprint density at radius 2 is 1.79 bits per heavy atom. The molecule has 0 aliphatic heterocycles. The van der Waals surface area contributed by atoms with Crippen LogP contribution in [-0.4, -0.2) is 27.6 Å². The van der Waals surface area contributed by atoms with E-state index >= 15 is 0 Å². The SMILES string of the molecule is CC(C)(C)C(NC(=O)c1nn(Cc2ccc(F)cc2)c2ccccc12)C(N)=O. The van der Waals surface area contributed by atoms with Gasteiger partial charge >= 0.3 is 0 Å².